The molecule has 0 bridgehead atoms. The van der Waals surface area contributed by atoms with E-state index in [-0.39, 0.29) is 19.1 Å². The van der Waals surface area contributed by atoms with Gasteiger partial charge in [-0.15, -0.1) is 0 Å². The van der Waals surface area contributed by atoms with Gasteiger partial charge in [-0.3, -0.25) is 20.2 Å². The fourth-order valence-corrected chi connectivity index (χ4v) is 1.20. The van der Waals surface area contributed by atoms with Crippen LogP contribution < -0.4 is 10.6 Å². The molecular weight excluding hydrogens is 280 g/mol. The van der Waals surface area contributed by atoms with Crippen LogP contribution in [0.1, 0.15) is 34.6 Å². The molecule has 0 unspecified atom stereocenters. The second kappa shape index (κ2) is 8.23. The topological polar surface area (TPSA) is 111 Å². The first-order valence-corrected chi connectivity index (χ1v) is 6.45. The molecule has 120 valence electrons. The van der Waals surface area contributed by atoms with Gasteiger partial charge < -0.3 is 9.47 Å². The van der Waals surface area contributed by atoms with Gasteiger partial charge in [-0.25, -0.2) is 9.59 Å². The van der Waals surface area contributed by atoms with E-state index in [1.54, 1.807) is 6.92 Å². The highest BCUT2D eigenvalue weighted by Gasteiger charge is 2.32. The number of nitrogens with one attached hydrogen (secondary N) is 2. The zero-order valence-corrected chi connectivity index (χ0v) is 12.9. The van der Waals surface area contributed by atoms with Crippen LogP contribution >= 0.6 is 0 Å². The van der Waals surface area contributed by atoms with Crippen molar-refractivity contribution >= 4 is 24.0 Å². The Labute approximate surface area is 123 Å². The number of imide groups is 2. The van der Waals surface area contributed by atoms with Crippen molar-refractivity contribution in [1.29, 1.82) is 0 Å². The van der Waals surface area contributed by atoms with Crippen LogP contribution in [-0.4, -0.2) is 37.2 Å². The smallest absolute Gasteiger partial charge is 0.413 e. The molecule has 0 aromatic heterocycles. The normalized spacial score (nSPS) is 10.8. The van der Waals surface area contributed by atoms with Crippen molar-refractivity contribution in [2.75, 3.05) is 13.2 Å². The fraction of sp³-hybridized carbons (Fsp3) is 0.692. The van der Waals surface area contributed by atoms with Crippen LogP contribution in [-0.2, 0) is 19.1 Å². The molecule has 0 fully saturated rings. The maximum absolute atomic E-state index is 11.3. The lowest BCUT2D eigenvalue weighted by molar-refractivity contribution is -0.119. The van der Waals surface area contributed by atoms with Gasteiger partial charge in [-0.2, -0.15) is 0 Å². The fourth-order valence-electron chi connectivity index (χ4n) is 1.20. The van der Waals surface area contributed by atoms with Gasteiger partial charge in [0.15, 0.2) is 0 Å². The first-order chi connectivity index (χ1) is 9.56. The summed E-state index contributed by atoms with van der Waals surface area (Å²) in [6.07, 6.45) is -1.72. The summed E-state index contributed by atoms with van der Waals surface area (Å²) in [7, 11) is 0. The summed E-state index contributed by atoms with van der Waals surface area (Å²) in [4.78, 5) is 44.0. The lowest BCUT2D eigenvalue weighted by Gasteiger charge is -2.32. The lowest BCUT2D eigenvalue weighted by Crippen LogP contribution is -2.40. The molecule has 0 rings (SSSR count). The highest BCUT2D eigenvalue weighted by molar-refractivity contribution is 5.90. The first kappa shape index (κ1) is 18.9. The Morgan fingerprint density at radius 3 is 1.48 bits per heavy atom. The van der Waals surface area contributed by atoms with E-state index in [9.17, 15) is 19.2 Å². The third-order valence-electron chi connectivity index (χ3n) is 3.02. The molecule has 0 heterocycles. The minimum Gasteiger partial charge on any atom is -0.449 e. The summed E-state index contributed by atoms with van der Waals surface area (Å²) in [6, 6.07) is 0. The second-order valence-electron chi connectivity index (χ2n) is 5.32. The van der Waals surface area contributed by atoms with E-state index in [2.05, 4.69) is 0 Å². The molecule has 0 saturated heterocycles. The van der Waals surface area contributed by atoms with Crippen LogP contribution in [0.25, 0.3) is 0 Å². The van der Waals surface area contributed by atoms with E-state index in [4.69, 9.17) is 9.47 Å². The molecule has 0 aliphatic rings. The lowest BCUT2D eigenvalue weighted by atomic mass is 9.81. The minimum absolute atomic E-state index is 0.0211. The molecule has 8 heteroatoms. The molecule has 0 saturated carbocycles. The van der Waals surface area contributed by atoms with E-state index < -0.39 is 29.4 Å². The number of hydrogen-bond donors (Lipinski definition) is 2. The zero-order valence-electron chi connectivity index (χ0n) is 12.9. The van der Waals surface area contributed by atoms with Crippen LogP contribution in [0.2, 0.25) is 0 Å². The number of carbonyl (C=O) groups excluding carboxylic acids is 4. The second-order valence-corrected chi connectivity index (χ2v) is 5.32. The molecule has 0 radical (unpaired) electrons. The third kappa shape index (κ3) is 7.91. The number of amides is 4. The molecular formula is C13H22N2O6. The maximum Gasteiger partial charge on any atom is 0.413 e. The van der Waals surface area contributed by atoms with Crippen LogP contribution in [0.5, 0.6) is 0 Å². The van der Waals surface area contributed by atoms with E-state index in [0.717, 1.165) is 0 Å². The summed E-state index contributed by atoms with van der Waals surface area (Å²) < 4.78 is 9.89. The van der Waals surface area contributed by atoms with E-state index >= 15 is 0 Å². The van der Waals surface area contributed by atoms with Crippen LogP contribution in [0.3, 0.4) is 0 Å². The van der Waals surface area contributed by atoms with Crippen molar-refractivity contribution in [2.24, 2.45) is 11.3 Å². The van der Waals surface area contributed by atoms with Crippen molar-refractivity contribution in [2.45, 2.75) is 34.6 Å². The van der Waals surface area contributed by atoms with Crippen LogP contribution in [0, 0.1) is 11.3 Å². The van der Waals surface area contributed by atoms with Crippen molar-refractivity contribution in [3.8, 4) is 0 Å². The molecule has 4 amide bonds. The number of carbonyl (C=O) groups is 4. The highest BCUT2D eigenvalue weighted by atomic mass is 16.6. The summed E-state index contributed by atoms with van der Waals surface area (Å²) in [5, 5.41) is 3.96. The Bertz CT molecular complexity index is 387. The zero-order chi connectivity index (χ0) is 16.6. The first-order valence-electron chi connectivity index (χ1n) is 6.45. The Hall–Kier alpha value is -2.12. The average Bonchev–Trinajstić information content (AvgIpc) is 2.32. The monoisotopic (exact) mass is 302 g/mol. The Morgan fingerprint density at radius 1 is 0.905 bits per heavy atom. The maximum atomic E-state index is 11.3. The quantitative estimate of drug-likeness (QED) is 0.789. The van der Waals surface area contributed by atoms with Crippen molar-refractivity contribution in [1.82, 2.24) is 10.6 Å². The summed E-state index contributed by atoms with van der Waals surface area (Å²) >= 11 is 0. The molecule has 0 spiro atoms. The summed E-state index contributed by atoms with van der Waals surface area (Å²) in [6.45, 7) is 7.81. The summed E-state index contributed by atoms with van der Waals surface area (Å²) in [5.74, 6) is -1.03. The predicted octanol–water partition coefficient (Wildman–Crippen LogP) is 1.19. The molecule has 0 aromatic rings. The molecule has 0 aliphatic carbocycles. The van der Waals surface area contributed by atoms with E-state index in [1.807, 2.05) is 24.5 Å². The number of rotatable bonds is 5. The molecule has 0 aliphatic heterocycles. The minimum atomic E-state index is -0.859. The van der Waals surface area contributed by atoms with E-state index in [0.29, 0.717) is 0 Å². The molecule has 21 heavy (non-hydrogen) atoms. The van der Waals surface area contributed by atoms with Gasteiger partial charge >= 0.3 is 12.2 Å². The SMILES string of the molecule is CC(=O)NC(=O)OCC(C)(COC(=O)NC(C)=O)C(C)C. The van der Waals surface area contributed by atoms with Crippen LogP contribution in [0.15, 0.2) is 0 Å². The van der Waals surface area contributed by atoms with Crippen molar-refractivity contribution in [3.63, 3.8) is 0 Å². The van der Waals surface area contributed by atoms with Gasteiger partial charge in [0.25, 0.3) is 0 Å². The highest BCUT2D eigenvalue weighted by Crippen LogP contribution is 2.27. The third-order valence-corrected chi connectivity index (χ3v) is 3.02. The summed E-state index contributed by atoms with van der Waals surface area (Å²) in [5.41, 5.74) is -0.651. The van der Waals surface area contributed by atoms with E-state index in [1.165, 1.54) is 13.8 Å². The van der Waals surface area contributed by atoms with Gasteiger partial charge in [0.2, 0.25) is 11.8 Å². The molecule has 0 atom stereocenters. The molecule has 0 aromatic carbocycles. The van der Waals surface area contributed by atoms with Crippen molar-refractivity contribution in [3.05, 3.63) is 0 Å². The molecule has 8 nitrogen and oxygen atoms in total. The number of ether oxygens (including phenoxy) is 2. The van der Waals surface area contributed by atoms with Gasteiger partial charge in [-0.05, 0) is 5.92 Å². The van der Waals surface area contributed by atoms with Crippen LogP contribution in [0.4, 0.5) is 9.59 Å². The average molecular weight is 302 g/mol. The van der Waals surface area contributed by atoms with Crippen molar-refractivity contribution < 1.29 is 28.7 Å². The van der Waals surface area contributed by atoms with Gasteiger partial charge in [0.1, 0.15) is 13.2 Å². The standard InChI is InChI=1S/C13H22N2O6/c1-8(2)13(5,6-20-11(18)14-9(3)16)7-21-12(19)15-10(4)17/h8H,6-7H2,1-5H3,(H,14,16,18)(H,15,17,19). The van der Waals surface area contributed by atoms with Gasteiger partial charge in [0.05, 0.1) is 0 Å². The number of alkyl carbamates (subject to hydrolysis) is 2. The Balaban J connectivity index is 4.49. The van der Waals surface area contributed by atoms with Gasteiger partial charge in [0, 0.05) is 19.3 Å². The predicted molar refractivity (Wildman–Crippen MR) is 73.3 cm³/mol. The largest absolute Gasteiger partial charge is 0.449 e. The number of hydrogen-bond acceptors (Lipinski definition) is 6. The Kier molecular flexibility index (Phi) is 7.40. The molecule has 2 N–H and O–H groups in total. The Morgan fingerprint density at radius 2 is 1.24 bits per heavy atom. The van der Waals surface area contributed by atoms with Gasteiger partial charge in [-0.1, -0.05) is 20.8 Å².